The summed E-state index contributed by atoms with van der Waals surface area (Å²) in [4.78, 5) is 7.74. The van der Waals surface area contributed by atoms with Gasteiger partial charge in [0.05, 0.1) is 16.6 Å². The molecule has 1 aromatic heterocycles. The molecule has 0 spiro atoms. The van der Waals surface area contributed by atoms with Gasteiger partial charge in [-0.2, -0.15) is 5.26 Å². The molecule has 0 aliphatic rings. The second-order valence-electron chi connectivity index (χ2n) is 6.87. The van der Waals surface area contributed by atoms with Crippen LogP contribution in [0.15, 0.2) is 60.7 Å². The molecule has 1 N–H and O–H groups in total. The summed E-state index contributed by atoms with van der Waals surface area (Å²) in [5.41, 5.74) is 5.08. The third kappa shape index (κ3) is 4.49. The minimum absolute atomic E-state index is 0.340. The normalized spacial score (nSPS) is 11.5. The van der Waals surface area contributed by atoms with Crippen LogP contribution in [0.3, 0.4) is 0 Å². The number of nitrogens with one attached hydrogen (secondary N) is 1. The van der Waals surface area contributed by atoms with Crippen molar-refractivity contribution >= 4 is 45.9 Å². The van der Waals surface area contributed by atoms with Crippen LogP contribution in [0.5, 0.6) is 5.75 Å². The number of fused-ring (bicyclic) bond motifs is 1. The number of aromatic nitrogens is 2. The van der Waals surface area contributed by atoms with E-state index in [0.717, 1.165) is 27.7 Å². The van der Waals surface area contributed by atoms with Crippen molar-refractivity contribution in [1.82, 2.24) is 9.97 Å². The van der Waals surface area contributed by atoms with Crippen molar-refractivity contribution in [2.45, 2.75) is 13.5 Å². The standard InChI is InChI=1S/C24H17Cl2N3O/c1-15-2-9-22-23(10-15)29-24(28-22)18(13-27)11-16-3-7-20(8-4-16)30-14-17-5-6-19(25)12-21(17)26/h2-12H,14H2,1H3,(H,28,29)/b18-11+. The van der Waals surface area contributed by atoms with Gasteiger partial charge in [0.1, 0.15) is 24.3 Å². The minimum Gasteiger partial charge on any atom is -0.489 e. The number of aryl methyl sites for hydroxylation is 1. The lowest BCUT2D eigenvalue weighted by Gasteiger charge is -2.08. The Morgan fingerprint density at radius 1 is 1.10 bits per heavy atom. The second kappa shape index (κ2) is 8.62. The Labute approximate surface area is 184 Å². The Morgan fingerprint density at radius 2 is 1.90 bits per heavy atom. The molecular weight excluding hydrogens is 417 g/mol. The van der Waals surface area contributed by atoms with E-state index in [1.165, 1.54) is 0 Å². The highest BCUT2D eigenvalue weighted by Crippen LogP contribution is 2.24. The Balaban J connectivity index is 1.50. The second-order valence-corrected chi connectivity index (χ2v) is 7.71. The number of hydrogen-bond donors (Lipinski definition) is 1. The number of allylic oxidation sites excluding steroid dienone is 1. The fourth-order valence-corrected chi connectivity index (χ4v) is 3.49. The number of benzene rings is 3. The maximum atomic E-state index is 9.61. The lowest BCUT2D eigenvalue weighted by Crippen LogP contribution is -1.96. The summed E-state index contributed by atoms with van der Waals surface area (Å²) in [6, 6.07) is 21.0. The Hall–Kier alpha value is -3.26. The number of hydrogen-bond acceptors (Lipinski definition) is 3. The molecule has 4 nitrogen and oxygen atoms in total. The van der Waals surface area contributed by atoms with Gasteiger partial charge >= 0.3 is 0 Å². The van der Waals surface area contributed by atoms with Gasteiger partial charge in [-0.3, -0.25) is 0 Å². The first kappa shape index (κ1) is 20.0. The van der Waals surface area contributed by atoms with Crippen LogP contribution in [0.4, 0.5) is 0 Å². The van der Waals surface area contributed by atoms with Crippen LogP contribution in [-0.2, 0) is 6.61 Å². The van der Waals surface area contributed by atoms with Crippen LogP contribution in [-0.4, -0.2) is 9.97 Å². The van der Waals surface area contributed by atoms with E-state index in [1.807, 2.05) is 55.5 Å². The van der Waals surface area contributed by atoms with Gasteiger partial charge in [0, 0.05) is 15.6 Å². The highest BCUT2D eigenvalue weighted by molar-refractivity contribution is 6.35. The first-order valence-corrected chi connectivity index (χ1v) is 10.0. The van der Waals surface area contributed by atoms with Gasteiger partial charge in [-0.15, -0.1) is 0 Å². The van der Waals surface area contributed by atoms with E-state index in [9.17, 15) is 5.26 Å². The lowest BCUT2D eigenvalue weighted by atomic mass is 10.1. The lowest BCUT2D eigenvalue weighted by molar-refractivity contribution is 0.306. The summed E-state index contributed by atoms with van der Waals surface area (Å²) < 4.78 is 5.80. The average molecular weight is 434 g/mol. The van der Waals surface area contributed by atoms with E-state index in [1.54, 1.807) is 18.2 Å². The molecular formula is C24H17Cl2N3O. The van der Waals surface area contributed by atoms with Gasteiger partial charge in [-0.1, -0.05) is 47.5 Å². The number of nitriles is 1. The zero-order chi connectivity index (χ0) is 21.1. The number of imidazole rings is 1. The third-order valence-corrected chi connectivity index (χ3v) is 5.20. The Kier molecular flexibility index (Phi) is 5.76. The summed E-state index contributed by atoms with van der Waals surface area (Å²) in [6.07, 6.45) is 1.80. The van der Waals surface area contributed by atoms with Gasteiger partial charge in [0.2, 0.25) is 0 Å². The van der Waals surface area contributed by atoms with Crippen LogP contribution in [0.25, 0.3) is 22.7 Å². The molecule has 4 aromatic rings. The van der Waals surface area contributed by atoms with Crippen molar-refractivity contribution in [1.29, 1.82) is 5.26 Å². The number of halogens is 2. The molecule has 6 heteroatoms. The first-order valence-electron chi connectivity index (χ1n) is 9.27. The largest absolute Gasteiger partial charge is 0.489 e. The van der Waals surface area contributed by atoms with E-state index in [0.29, 0.717) is 33.8 Å². The van der Waals surface area contributed by atoms with Crippen LogP contribution < -0.4 is 4.74 Å². The average Bonchev–Trinajstić information content (AvgIpc) is 3.15. The summed E-state index contributed by atoms with van der Waals surface area (Å²) >= 11 is 12.1. The molecule has 0 atom stereocenters. The van der Waals surface area contributed by atoms with Crippen LogP contribution in [0.2, 0.25) is 10.0 Å². The maximum Gasteiger partial charge on any atom is 0.149 e. The number of H-pyrrole nitrogens is 1. The molecule has 3 aromatic carbocycles. The number of rotatable bonds is 5. The highest BCUT2D eigenvalue weighted by atomic mass is 35.5. The summed E-state index contributed by atoms with van der Waals surface area (Å²) in [6.45, 7) is 2.36. The van der Waals surface area contributed by atoms with Gasteiger partial charge in [0.15, 0.2) is 0 Å². The van der Waals surface area contributed by atoms with Crippen molar-refractivity contribution < 1.29 is 4.74 Å². The molecule has 0 unspecified atom stereocenters. The molecule has 0 saturated heterocycles. The molecule has 0 saturated carbocycles. The molecule has 0 aliphatic heterocycles. The molecule has 1 heterocycles. The number of nitrogens with zero attached hydrogens (tertiary/aromatic N) is 2. The van der Waals surface area contributed by atoms with E-state index in [4.69, 9.17) is 27.9 Å². The molecule has 148 valence electrons. The van der Waals surface area contributed by atoms with E-state index >= 15 is 0 Å². The monoisotopic (exact) mass is 433 g/mol. The smallest absolute Gasteiger partial charge is 0.149 e. The molecule has 0 radical (unpaired) electrons. The topological polar surface area (TPSA) is 61.7 Å². The van der Waals surface area contributed by atoms with Crippen molar-refractivity contribution in [3.8, 4) is 11.8 Å². The Bertz CT molecular complexity index is 1280. The van der Waals surface area contributed by atoms with Crippen molar-refractivity contribution in [3.63, 3.8) is 0 Å². The van der Waals surface area contributed by atoms with E-state index in [2.05, 4.69) is 16.0 Å². The fraction of sp³-hybridized carbons (Fsp3) is 0.0833. The molecule has 0 bridgehead atoms. The van der Waals surface area contributed by atoms with Gasteiger partial charge in [-0.25, -0.2) is 4.98 Å². The quantitative estimate of drug-likeness (QED) is 0.351. The molecule has 0 fully saturated rings. The van der Waals surface area contributed by atoms with Crippen LogP contribution in [0, 0.1) is 18.3 Å². The van der Waals surface area contributed by atoms with E-state index in [-0.39, 0.29) is 0 Å². The molecule has 0 aliphatic carbocycles. The minimum atomic E-state index is 0.340. The predicted octanol–water partition coefficient (Wildman–Crippen LogP) is 6.82. The van der Waals surface area contributed by atoms with Gasteiger partial charge in [-0.05, 0) is 60.5 Å². The summed E-state index contributed by atoms with van der Waals surface area (Å²) in [7, 11) is 0. The van der Waals surface area contributed by atoms with Crippen LogP contribution in [0.1, 0.15) is 22.5 Å². The maximum absolute atomic E-state index is 9.61. The zero-order valence-electron chi connectivity index (χ0n) is 16.1. The van der Waals surface area contributed by atoms with Crippen molar-refractivity contribution in [2.24, 2.45) is 0 Å². The van der Waals surface area contributed by atoms with Crippen LogP contribution >= 0.6 is 23.2 Å². The summed E-state index contributed by atoms with van der Waals surface area (Å²) in [5.74, 6) is 1.26. The molecule has 30 heavy (non-hydrogen) atoms. The molecule has 4 rings (SSSR count). The number of ether oxygens (including phenoxy) is 1. The first-order chi connectivity index (χ1) is 14.5. The highest BCUT2D eigenvalue weighted by Gasteiger charge is 2.08. The van der Waals surface area contributed by atoms with Gasteiger partial charge in [0.25, 0.3) is 0 Å². The molecule has 0 amide bonds. The zero-order valence-corrected chi connectivity index (χ0v) is 17.6. The summed E-state index contributed by atoms with van der Waals surface area (Å²) in [5, 5.41) is 10.8. The van der Waals surface area contributed by atoms with E-state index < -0.39 is 0 Å². The third-order valence-electron chi connectivity index (χ3n) is 4.61. The SMILES string of the molecule is Cc1ccc2nc(/C(C#N)=C/c3ccc(OCc4ccc(Cl)cc4Cl)cc3)[nH]c2c1. The number of aromatic amines is 1. The fourth-order valence-electron chi connectivity index (χ4n) is 3.03. The van der Waals surface area contributed by atoms with Gasteiger partial charge < -0.3 is 9.72 Å². The van der Waals surface area contributed by atoms with Crippen molar-refractivity contribution in [2.75, 3.05) is 0 Å². The predicted molar refractivity (Wildman–Crippen MR) is 122 cm³/mol. The van der Waals surface area contributed by atoms with Crippen molar-refractivity contribution in [3.05, 3.63) is 93.2 Å². The Morgan fingerprint density at radius 3 is 2.63 bits per heavy atom.